The van der Waals surface area contributed by atoms with Gasteiger partial charge < -0.3 is 15.2 Å². The second-order valence-corrected chi connectivity index (χ2v) is 8.05. The van der Waals surface area contributed by atoms with Crippen LogP contribution in [0.25, 0.3) is 0 Å². The molecular formula is C20H22N4O3S2. The first-order valence-electron chi connectivity index (χ1n) is 8.91. The number of aromatic nitrogens is 2. The van der Waals surface area contributed by atoms with E-state index >= 15 is 0 Å². The Morgan fingerprint density at radius 3 is 2.48 bits per heavy atom. The Balaban J connectivity index is 1.75. The molecule has 0 saturated heterocycles. The van der Waals surface area contributed by atoms with Crippen molar-refractivity contribution in [2.45, 2.75) is 15.8 Å². The molecule has 0 saturated carbocycles. The summed E-state index contributed by atoms with van der Waals surface area (Å²) < 4.78 is 20.7. The topological polar surface area (TPSA) is 96.4 Å². The number of hydrogen-bond acceptors (Lipinski definition) is 7. The lowest BCUT2D eigenvalue weighted by atomic mass is 10.2. The summed E-state index contributed by atoms with van der Waals surface area (Å²) in [6.45, 7) is 0.345. The molecule has 152 valence electrons. The van der Waals surface area contributed by atoms with Gasteiger partial charge in [-0.05, 0) is 29.8 Å². The maximum Gasteiger partial charge on any atom is 0.191 e. The second kappa shape index (κ2) is 10.8. The molecule has 0 amide bonds. The second-order valence-electron chi connectivity index (χ2n) is 5.89. The molecule has 0 aliphatic carbocycles. The van der Waals surface area contributed by atoms with Crippen molar-refractivity contribution in [3.63, 3.8) is 0 Å². The lowest BCUT2D eigenvalue weighted by molar-refractivity contribution is 0.311. The highest BCUT2D eigenvalue weighted by atomic mass is 32.2. The van der Waals surface area contributed by atoms with E-state index in [4.69, 9.17) is 9.84 Å². The van der Waals surface area contributed by atoms with Gasteiger partial charge in [0.1, 0.15) is 17.4 Å². The van der Waals surface area contributed by atoms with Crippen LogP contribution in [-0.4, -0.2) is 39.5 Å². The van der Waals surface area contributed by atoms with Gasteiger partial charge in [0.2, 0.25) is 0 Å². The number of rotatable bonds is 10. The molecule has 1 aromatic heterocycles. The third-order valence-corrected chi connectivity index (χ3v) is 5.82. The molecule has 3 rings (SSSR count). The van der Waals surface area contributed by atoms with E-state index < -0.39 is 11.0 Å². The first-order chi connectivity index (χ1) is 14.2. The fourth-order valence-corrected chi connectivity index (χ4v) is 4.00. The minimum atomic E-state index is -1.49. The molecule has 9 heteroatoms. The predicted molar refractivity (Wildman–Crippen MR) is 117 cm³/mol. The molecule has 1 unspecified atom stereocenters. The fraction of sp³-hybridized carbons (Fsp3) is 0.200. The number of nitrogens with one attached hydrogen (secondary N) is 2. The molecule has 1 heterocycles. The fourth-order valence-electron chi connectivity index (χ4n) is 2.39. The van der Waals surface area contributed by atoms with Crippen LogP contribution in [0.4, 0.5) is 11.6 Å². The van der Waals surface area contributed by atoms with Crippen molar-refractivity contribution in [1.29, 1.82) is 0 Å². The molecule has 2 aromatic carbocycles. The molecule has 0 aliphatic rings. The van der Waals surface area contributed by atoms with Gasteiger partial charge in [0, 0.05) is 18.4 Å². The van der Waals surface area contributed by atoms with Gasteiger partial charge >= 0.3 is 0 Å². The van der Waals surface area contributed by atoms with E-state index in [9.17, 15) is 4.21 Å². The maximum atomic E-state index is 12.7. The molecule has 29 heavy (non-hydrogen) atoms. The molecule has 1 atom stereocenters. The number of anilines is 2. The number of nitrogens with zero attached hydrogens (tertiary/aromatic N) is 2. The zero-order valence-corrected chi connectivity index (χ0v) is 17.5. The van der Waals surface area contributed by atoms with Crippen molar-refractivity contribution in [2.75, 3.05) is 30.3 Å². The van der Waals surface area contributed by atoms with Crippen LogP contribution in [-0.2, 0) is 16.7 Å². The van der Waals surface area contributed by atoms with Crippen LogP contribution in [0.15, 0.2) is 70.7 Å². The minimum Gasteiger partial charge on any atom is -0.497 e. The van der Waals surface area contributed by atoms with Crippen LogP contribution in [0, 0.1) is 0 Å². The molecule has 0 aliphatic heterocycles. The number of aliphatic hydroxyl groups is 1. The van der Waals surface area contributed by atoms with Crippen molar-refractivity contribution in [1.82, 2.24) is 9.97 Å². The lowest BCUT2D eigenvalue weighted by Gasteiger charge is -2.11. The Morgan fingerprint density at radius 2 is 1.79 bits per heavy atom. The summed E-state index contributed by atoms with van der Waals surface area (Å²) in [5, 5.41) is 12.6. The molecule has 3 aromatic rings. The summed E-state index contributed by atoms with van der Waals surface area (Å²) in [6.07, 6.45) is 0. The monoisotopic (exact) mass is 430 g/mol. The van der Waals surface area contributed by atoms with Gasteiger partial charge in [0.15, 0.2) is 16.1 Å². The third-order valence-electron chi connectivity index (χ3n) is 3.81. The van der Waals surface area contributed by atoms with Crippen molar-refractivity contribution < 1.29 is 14.1 Å². The first-order valence-corrected chi connectivity index (χ1v) is 11.0. The number of aliphatic hydroxyl groups excluding tert-OH is 1. The van der Waals surface area contributed by atoms with Crippen molar-refractivity contribution in [3.05, 3.63) is 66.2 Å². The zero-order chi connectivity index (χ0) is 20.5. The molecule has 0 spiro atoms. The zero-order valence-electron chi connectivity index (χ0n) is 15.9. The summed E-state index contributed by atoms with van der Waals surface area (Å²) in [7, 11) is 0.0949. The predicted octanol–water partition coefficient (Wildman–Crippen LogP) is 3.32. The number of ether oxygens (including phenoxy) is 1. The Morgan fingerprint density at radius 1 is 1.07 bits per heavy atom. The van der Waals surface area contributed by atoms with Gasteiger partial charge in [-0.25, -0.2) is 14.2 Å². The highest BCUT2D eigenvalue weighted by Gasteiger charge is 2.10. The minimum absolute atomic E-state index is 0.0168. The van der Waals surface area contributed by atoms with Gasteiger partial charge in [0.25, 0.3) is 0 Å². The van der Waals surface area contributed by atoms with E-state index in [0.717, 1.165) is 5.56 Å². The summed E-state index contributed by atoms with van der Waals surface area (Å²) in [5.41, 5.74) is 1.16. The normalized spacial score (nSPS) is 11.7. The van der Waals surface area contributed by atoms with Crippen LogP contribution < -0.4 is 14.8 Å². The van der Waals surface area contributed by atoms with E-state index in [0.29, 0.717) is 39.7 Å². The summed E-state index contributed by atoms with van der Waals surface area (Å²) in [6, 6.07) is 18.7. The quantitative estimate of drug-likeness (QED) is 0.335. The first kappa shape index (κ1) is 21.1. The Hall–Kier alpha value is -2.62. The smallest absolute Gasteiger partial charge is 0.191 e. The van der Waals surface area contributed by atoms with Crippen molar-refractivity contribution in [2.24, 2.45) is 0 Å². The van der Waals surface area contributed by atoms with Crippen LogP contribution in [0.2, 0.25) is 0 Å². The SMILES string of the molecule is COc1ccc(S(=O)Nc2cc(NCCO)nc(SCc3ccccc3)n2)cc1. The molecule has 0 bridgehead atoms. The van der Waals surface area contributed by atoms with E-state index in [-0.39, 0.29) is 6.61 Å². The summed E-state index contributed by atoms with van der Waals surface area (Å²) >= 11 is 1.48. The van der Waals surface area contributed by atoms with Gasteiger partial charge in [-0.15, -0.1) is 0 Å². The number of hydrogen-bond donors (Lipinski definition) is 3. The van der Waals surface area contributed by atoms with Crippen LogP contribution in [0.1, 0.15) is 5.56 Å². The maximum absolute atomic E-state index is 12.7. The highest BCUT2D eigenvalue weighted by molar-refractivity contribution is 7.98. The van der Waals surface area contributed by atoms with E-state index in [1.807, 2.05) is 30.3 Å². The highest BCUT2D eigenvalue weighted by Crippen LogP contribution is 2.24. The standard InChI is InChI=1S/C20H22N4O3S2/c1-27-16-7-9-17(10-8-16)29(26)24-19-13-18(21-11-12-25)22-20(23-19)28-14-15-5-3-2-4-6-15/h2-10,13,25H,11-12,14H2,1H3,(H2,21,22,23,24). The Bertz CT molecular complexity index is 940. The Labute approximate surface area is 176 Å². The van der Waals surface area contributed by atoms with Gasteiger partial charge in [-0.2, -0.15) is 0 Å². The number of methoxy groups -OCH3 is 1. The average molecular weight is 431 g/mol. The van der Waals surface area contributed by atoms with Gasteiger partial charge in [0.05, 0.1) is 18.6 Å². The number of thioether (sulfide) groups is 1. The summed E-state index contributed by atoms with van der Waals surface area (Å²) in [4.78, 5) is 9.54. The van der Waals surface area contributed by atoms with Gasteiger partial charge in [-0.3, -0.25) is 4.72 Å². The van der Waals surface area contributed by atoms with E-state index in [1.165, 1.54) is 11.8 Å². The molecule has 0 radical (unpaired) electrons. The average Bonchev–Trinajstić information content (AvgIpc) is 2.77. The van der Waals surface area contributed by atoms with Crippen molar-refractivity contribution in [3.8, 4) is 5.75 Å². The van der Waals surface area contributed by atoms with Crippen LogP contribution in [0.3, 0.4) is 0 Å². The molecule has 0 fully saturated rings. The largest absolute Gasteiger partial charge is 0.497 e. The third kappa shape index (κ3) is 6.45. The molecule has 7 nitrogen and oxygen atoms in total. The molecular weight excluding hydrogens is 408 g/mol. The van der Waals surface area contributed by atoms with Crippen LogP contribution in [0.5, 0.6) is 5.75 Å². The van der Waals surface area contributed by atoms with Crippen molar-refractivity contribution >= 4 is 34.4 Å². The Kier molecular flexibility index (Phi) is 7.85. The molecule has 3 N–H and O–H groups in total. The summed E-state index contributed by atoms with van der Waals surface area (Å²) in [5.74, 6) is 2.40. The lowest BCUT2D eigenvalue weighted by Crippen LogP contribution is -2.11. The number of benzene rings is 2. The van der Waals surface area contributed by atoms with E-state index in [2.05, 4.69) is 20.0 Å². The van der Waals surface area contributed by atoms with Gasteiger partial charge in [-0.1, -0.05) is 42.1 Å². The van der Waals surface area contributed by atoms with E-state index in [1.54, 1.807) is 37.4 Å². The van der Waals surface area contributed by atoms with Crippen LogP contribution >= 0.6 is 11.8 Å².